The third-order valence-electron chi connectivity index (χ3n) is 6.09. The molecule has 3 aromatic carbocycles. The summed E-state index contributed by atoms with van der Waals surface area (Å²) in [6.45, 7) is 0.476. The Balaban J connectivity index is 1.58. The van der Waals surface area contributed by atoms with Gasteiger partial charge in [-0.15, -0.1) is 11.3 Å². The van der Waals surface area contributed by atoms with Crippen molar-refractivity contribution in [2.24, 2.45) is 0 Å². The van der Waals surface area contributed by atoms with E-state index in [1.54, 1.807) is 18.2 Å². The SMILES string of the molecule is O=c1c(=O)n(Cc2c(-c3ccccc3)nc3sccn23)c2cc(Cl)ccc2n1Cc1ccccc1. The Hall–Kier alpha value is -3.94. The molecule has 6 rings (SSSR count). The molecule has 0 spiro atoms. The molecule has 3 aromatic heterocycles. The van der Waals surface area contributed by atoms with E-state index in [1.165, 1.54) is 20.5 Å². The highest BCUT2D eigenvalue weighted by atomic mass is 35.5. The molecule has 0 aliphatic carbocycles. The minimum Gasteiger partial charge on any atom is -0.298 e. The highest BCUT2D eigenvalue weighted by Crippen LogP contribution is 2.28. The third kappa shape index (κ3) is 3.79. The van der Waals surface area contributed by atoms with E-state index in [0.29, 0.717) is 22.6 Å². The molecule has 0 aliphatic heterocycles. The number of rotatable bonds is 5. The van der Waals surface area contributed by atoms with Gasteiger partial charge < -0.3 is 0 Å². The van der Waals surface area contributed by atoms with Crippen molar-refractivity contribution in [1.82, 2.24) is 18.5 Å². The maximum Gasteiger partial charge on any atom is 0.317 e. The first kappa shape index (κ1) is 21.6. The molecule has 172 valence electrons. The summed E-state index contributed by atoms with van der Waals surface area (Å²) in [5.41, 5.74) is 3.58. The second-order valence-electron chi connectivity index (χ2n) is 8.23. The molecule has 0 aliphatic rings. The lowest BCUT2D eigenvalue weighted by molar-refractivity contribution is 0.701. The quantitative estimate of drug-likeness (QED) is 0.303. The fourth-order valence-corrected chi connectivity index (χ4v) is 5.33. The number of thiazole rings is 1. The van der Waals surface area contributed by atoms with Gasteiger partial charge in [0.1, 0.15) is 0 Å². The first-order chi connectivity index (χ1) is 17.1. The van der Waals surface area contributed by atoms with Gasteiger partial charge in [-0.3, -0.25) is 23.1 Å². The molecule has 0 saturated carbocycles. The van der Waals surface area contributed by atoms with Gasteiger partial charge in [-0.2, -0.15) is 0 Å². The first-order valence-electron chi connectivity index (χ1n) is 11.1. The minimum absolute atomic E-state index is 0.180. The Bertz CT molecular complexity index is 1800. The topological polar surface area (TPSA) is 61.3 Å². The van der Waals surface area contributed by atoms with Crippen LogP contribution in [0.5, 0.6) is 0 Å². The van der Waals surface area contributed by atoms with Crippen LogP contribution in [0, 0.1) is 0 Å². The van der Waals surface area contributed by atoms with Crippen LogP contribution in [0.3, 0.4) is 0 Å². The molecule has 6 aromatic rings. The van der Waals surface area contributed by atoms with Crippen LogP contribution in [-0.4, -0.2) is 18.5 Å². The molecule has 0 amide bonds. The van der Waals surface area contributed by atoms with Gasteiger partial charge in [-0.25, -0.2) is 4.98 Å². The molecule has 0 N–H and O–H groups in total. The molecular weight excluding hydrogens is 480 g/mol. The van der Waals surface area contributed by atoms with Crippen molar-refractivity contribution >= 4 is 38.9 Å². The molecule has 0 bridgehead atoms. The molecule has 8 heteroatoms. The molecule has 35 heavy (non-hydrogen) atoms. The molecular formula is C27H19ClN4O2S. The summed E-state index contributed by atoms with van der Waals surface area (Å²) in [7, 11) is 0. The van der Waals surface area contributed by atoms with Gasteiger partial charge in [0.2, 0.25) is 0 Å². The van der Waals surface area contributed by atoms with Gasteiger partial charge in [0, 0.05) is 22.2 Å². The van der Waals surface area contributed by atoms with Crippen LogP contribution in [0.4, 0.5) is 0 Å². The van der Waals surface area contributed by atoms with Crippen LogP contribution in [0.2, 0.25) is 5.02 Å². The minimum atomic E-state index is -0.597. The fourth-order valence-electron chi connectivity index (χ4n) is 4.43. The summed E-state index contributed by atoms with van der Waals surface area (Å²) in [6, 6.07) is 24.8. The Labute approximate surface area is 208 Å². The van der Waals surface area contributed by atoms with Crippen molar-refractivity contribution < 1.29 is 0 Å². The lowest BCUT2D eigenvalue weighted by atomic mass is 10.1. The zero-order valence-corrected chi connectivity index (χ0v) is 20.0. The summed E-state index contributed by atoms with van der Waals surface area (Å²) in [5, 5.41) is 2.45. The predicted octanol–water partition coefficient (Wildman–Crippen LogP) is 5.29. The summed E-state index contributed by atoms with van der Waals surface area (Å²) in [4.78, 5) is 32.5. The fraction of sp³-hybridized carbons (Fsp3) is 0.0741. The molecule has 0 saturated heterocycles. The molecule has 0 unspecified atom stereocenters. The number of aromatic nitrogens is 4. The molecule has 3 heterocycles. The Morgan fingerprint density at radius 3 is 2.23 bits per heavy atom. The van der Waals surface area contributed by atoms with Crippen molar-refractivity contribution in [3.05, 3.63) is 127 Å². The zero-order chi connectivity index (χ0) is 23.9. The maximum absolute atomic E-state index is 13.5. The van der Waals surface area contributed by atoms with Crippen LogP contribution in [0.25, 0.3) is 27.3 Å². The van der Waals surface area contributed by atoms with Crippen LogP contribution in [0.1, 0.15) is 11.3 Å². The number of halogens is 1. The maximum atomic E-state index is 13.5. The van der Waals surface area contributed by atoms with Gasteiger partial charge in [0.15, 0.2) is 4.96 Å². The smallest absolute Gasteiger partial charge is 0.298 e. The second kappa shape index (κ2) is 8.69. The normalized spacial score (nSPS) is 11.5. The number of nitrogens with zero attached hydrogens (tertiary/aromatic N) is 4. The number of benzene rings is 3. The van der Waals surface area contributed by atoms with E-state index in [9.17, 15) is 9.59 Å². The summed E-state index contributed by atoms with van der Waals surface area (Å²) in [5.74, 6) is 0. The average Bonchev–Trinajstić information content (AvgIpc) is 3.48. The van der Waals surface area contributed by atoms with Gasteiger partial charge in [0.05, 0.1) is 35.5 Å². The molecule has 0 fully saturated rings. The Morgan fingerprint density at radius 2 is 1.49 bits per heavy atom. The molecule has 0 atom stereocenters. The van der Waals surface area contributed by atoms with Gasteiger partial charge in [0.25, 0.3) is 0 Å². The van der Waals surface area contributed by atoms with Crippen LogP contribution in [0.15, 0.2) is 100 Å². The number of fused-ring (bicyclic) bond motifs is 2. The van der Waals surface area contributed by atoms with Crippen LogP contribution in [-0.2, 0) is 13.1 Å². The third-order valence-corrected chi connectivity index (χ3v) is 7.08. The predicted molar refractivity (Wildman–Crippen MR) is 141 cm³/mol. The van der Waals surface area contributed by atoms with Crippen molar-refractivity contribution in [2.45, 2.75) is 13.1 Å². The Kier molecular flexibility index (Phi) is 5.36. The van der Waals surface area contributed by atoms with Crippen LogP contribution >= 0.6 is 22.9 Å². The highest BCUT2D eigenvalue weighted by molar-refractivity contribution is 7.15. The van der Waals surface area contributed by atoms with Crippen molar-refractivity contribution in [3.8, 4) is 11.3 Å². The van der Waals surface area contributed by atoms with Crippen molar-refractivity contribution in [3.63, 3.8) is 0 Å². The van der Waals surface area contributed by atoms with Gasteiger partial charge in [-0.05, 0) is 23.8 Å². The van der Waals surface area contributed by atoms with Crippen LogP contribution < -0.4 is 11.1 Å². The van der Waals surface area contributed by atoms with Gasteiger partial charge in [-0.1, -0.05) is 72.3 Å². The number of hydrogen-bond donors (Lipinski definition) is 0. The standard InChI is InChI=1S/C27H19ClN4O2S/c28-20-11-12-21-22(15-20)32(26(34)25(33)31(21)16-18-7-3-1-4-8-18)17-23-24(19-9-5-2-6-10-19)29-27-30(23)13-14-35-27/h1-15H,16-17H2. The monoisotopic (exact) mass is 498 g/mol. The van der Waals surface area contributed by atoms with E-state index in [2.05, 4.69) is 0 Å². The lowest BCUT2D eigenvalue weighted by Gasteiger charge is -2.16. The number of hydrogen-bond acceptors (Lipinski definition) is 4. The van der Waals surface area contributed by atoms with Gasteiger partial charge >= 0.3 is 11.1 Å². The summed E-state index contributed by atoms with van der Waals surface area (Å²) >= 11 is 7.89. The summed E-state index contributed by atoms with van der Waals surface area (Å²) in [6.07, 6.45) is 1.94. The lowest BCUT2D eigenvalue weighted by Crippen LogP contribution is -2.42. The van der Waals surface area contributed by atoms with Crippen molar-refractivity contribution in [2.75, 3.05) is 0 Å². The van der Waals surface area contributed by atoms with E-state index in [0.717, 1.165) is 27.5 Å². The summed E-state index contributed by atoms with van der Waals surface area (Å²) < 4.78 is 5.01. The van der Waals surface area contributed by atoms with E-state index in [4.69, 9.17) is 16.6 Å². The first-order valence-corrected chi connectivity index (χ1v) is 12.3. The van der Waals surface area contributed by atoms with E-state index in [1.807, 2.05) is 76.6 Å². The number of imidazole rings is 1. The van der Waals surface area contributed by atoms with E-state index in [-0.39, 0.29) is 6.54 Å². The largest absolute Gasteiger partial charge is 0.317 e. The van der Waals surface area contributed by atoms with E-state index >= 15 is 0 Å². The average molecular weight is 499 g/mol. The highest BCUT2D eigenvalue weighted by Gasteiger charge is 2.20. The van der Waals surface area contributed by atoms with E-state index < -0.39 is 11.1 Å². The van der Waals surface area contributed by atoms with Crippen molar-refractivity contribution in [1.29, 1.82) is 0 Å². The Morgan fingerprint density at radius 1 is 0.800 bits per heavy atom. The molecule has 6 nitrogen and oxygen atoms in total. The molecule has 0 radical (unpaired) electrons. The second-order valence-corrected chi connectivity index (χ2v) is 9.54. The zero-order valence-electron chi connectivity index (χ0n) is 18.5.